The first kappa shape index (κ1) is 15.6. The summed E-state index contributed by atoms with van der Waals surface area (Å²) >= 11 is 0. The van der Waals surface area contributed by atoms with Crippen molar-refractivity contribution in [1.29, 1.82) is 5.26 Å². The van der Waals surface area contributed by atoms with Crippen LogP contribution in [0.15, 0.2) is 36.5 Å². The Bertz CT molecular complexity index is 866. The Balaban J connectivity index is 1.70. The highest BCUT2D eigenvalue weighted by Gasteiger charge is 2.33. The average molecular weight is 322 g/mol. The van der Waals surface area contributed by atoms with Gasteiger partial charge in [0.15, 0.2) is 5.78 Å². The second-order valence-electron chi connectivity index (χ2n) is 5.47. The minimum absolute atomic E-state index is 0.0468. The quantitative estimate of drug-likeness (QED) is 0.894. The molecule has 3 rings (SSSR count). The number of pyridine rings is 1. The molecule has 0 bridgehead atoms. The third-order valence-electron chi connectivity index (χ3n) is 3.91. The Morgan fingerprint density at radius 2 is 2.12 bits per heavy atom. The van der Waals surface area contributed by atoms with Gasteiger partial charge in [0, 0.05) is 18.0 Å². The van der Waals surface area contributed by atoms with Crippen molar-refractivity contribution in [1.82, 2.24) is 15.2 Å². The van der Waals surface area contributed by atoms with E-state index in [0.29, 0.717) is 16.5 Å². The predicted octanol–water partition coefficient (Wildman–Crippen LogP) is 0.658. The monoisotopic (exact) mass is 322 g/mol. The van der Waals surface area contributed by atoms with Gasteiger partial charge in [0.25, 0.3) is 5.91 Å². The molecule has 1 aromatic carbocycles. The number of carbonyl (C=O) groups excluding carboxylic acids is 3. The molecule has 7 nitrogen and oxygen atoms in total. The molecule has 1 unspecified atom stereocenters. The Hall–Kier alpha value is -3.27. The van der Waals surface area contributed by atoms with Crippen molar-refractivity contribution < 1.29 is 14.4 Å². The van der Waals surface area contributed by atoms with Crippen molar-refractivity contribution in [2.45, 2.75) is 12.5 Å². The van der Waals surface area contributed by atoms with E-state index in [1.165, 1.54) is 11.1 Å². The molecule has 1 fully saturated rings. The van der Waals surface area contributed by atoms with Gasteiger partial charge in [-0.3, -0.25) is 19.4 Å². The summed E-state index contributed by atoms with van der Waals surface area (Å²) in [5.74, 6) is -0.999. The van der Waals surface area contributed by atoms with Crippen LogP contribution in [0.4, 0.5) is 0 Å². The Kier molecular flexibility index (Phi) is 4.20. The number of para-hydroxylation sites is 1. The number of ketones is 1. The molecule has 2 amide bonds. The number of hydrogen-bond acceptors (Lipinski definition) is 5. The van der Waals surface area contributed by atoms with Gasteiger partial charge < -0.3 is 10.2 Å². The highest BCUT2D eigenvalue weighted by atomic mass is 16.2. The van der Waals surface area contributed by atoms with Gasteiger partial charge in [-0.15, -0.1) is 0 Å². The maximum atomic E-state index is 12.4. The average Bonchev–Trinajstić information content (AvgIpc) is 3.00. The molecule has 0 aliphatic carbocycles. The maximum absolute atomic E-state index is 12.4. The summed E-state index contributed by atoms with van der Waals surface area (Å²) in [5, 5.41) is 12.2. The molecule has 1 aliphatic rings. The normalized spacial score (nSPS) is 16.9. The zero-order chi connectivity index (χ0) is 17.1. The number of amides is 2. The zero-order valence-electron chi connectivity index (χ0n) is 12.7. The number of Topliss-reactive ketones (excluding diaryl/α,β-unsaturated/α-hetero) is 1. The summed E-state index contributed by atoms with van der Waals surface area (Å²) in [6.45, 7) is -0.341. The van der Waals surface area contributed by atoms with E-state index >= 15 is 0 Å². The van der Waals surface area contributed by atoms with Crippen molar-refractivity contribution in [3.63, 3.8) is 0 Å². The van der Waals surface area contributed by atoms with Gasteiger partial charge in [-0.2, -0.15) is 5.26 Å². The van der Waals surface area contributed by atoms with E-state index in [4.69, 9.17) is 5.26 Å². The summed E-state index contributed by atoms with van der Waals surface area (Å²) in [7, 11) is 0. The van der Waals surface area contributed by atoms with Crippen LogP contribution in [0.3, 0.4) is 0 Å². The van der Waals surface area contributed by atoms with Gasteiger partial charge >= 0.3 is 0 Å². The Morgan fingerprint density at radius 3 is 2.92 bits per heavy atom. The molecule has 1 aliphatic heterocycles. The Labute approximate surface area is 137 Å². The number of nitrogens with zero attached hydrogens (tertiary/aromatic N) is 3. The molecule has 0 spiro atoms. The second-order valence-corrected chi connectivity index (χ2v) is 5.47. The molecule has 0 radical (unpaired) electrons. The molecule has 0 saturated carbocycles. The van der Waals surface area contributed by atoms with Gasteiger partial charge in [0.1, 0.15) is 6.04 Å². The summed E-state index contributed by atoms with van der Waals surface area (Å²) in [5.41, 5.74) is 1.11. The molecule has 2 aromatic rings. The topological polar surface area (TPSA) is 103 Å². The number of fused-ring (bicyclic) bond motifs is 1. The van der Waals surface area contributed by atoms with Crippen LogP contribution in [0.2, 0.25) is 0 Å². The number of hydrogen-bond donors (Lipinski definition) is 1. The number of nitrogens with one attached hydrogen (secondary N) is 1. The largest absolute Gasteiger partial charge is 0.343 e. The van der Waals surface area contributed by atoms with Gasteiger partial charge in [-0.25, -0.2) is 0 Å². The summed E-state index contributed by atoms with van der Waals surface area (Å²) in [6, 6.07) is 9.98. The molecule has 1 atom stereocenters. The van der Waals surface area contributed by atoms with Crippen molar-refractivity contribution in [3.8, 4) is 6.07 Å². The molecule has 1 N–H and O–H groups in total. The Morgan fingerprint density at radius 1 is 1.33 bits per heavy atom. The van der Waals surface area contributed by atoms with Crippen LogP contribution < -0.4 is 5.32 Å². The van der Waals surface area contributed by atoms with E-state index in [1.807, 2.05) is 12.1 Å². The van der Waals surface area contributed by atoms with E-state index in [9.17, 15) is 14.4 Å². The van der Waals surface area contributed by atoms with Crippen LogP contribution in [0.25, 0.3) is 10.9 Å². The third-order valence-corrected chi connectivity index (χ3v) is 3.91. The smallest absolute Gasteiger partial charge is 0.252 e. The number of aromatic nitrogens is 1. The van der Waals surface area contributed by atoms with Crippen LogP contribution in [0.5, 0.6) is 0 Å². The van der Waals surface area contributed by atoms with E-state index in [0.717, 1.165) is 0 Å². The molecular formula is C17H14N4O3. The predicted molar refractivity (Wildman–Crippen MR) is 84.8 cm³/mol. The molecule has 2 heterocycles. The highest BCUT2D eigenvalue weighted by Crippen LogP contribution is 2.16. The fraction of sp³-hybridized carbons (Fsp3) is 0.235. The number of benzene rings is 1. The van der Waals surface area contributed by atoms with E-state index in [-0.39, 0.29) is 25.3 Å². The summed E-state index contributed by atoms with van der Waals surface area (Å²) in [6.07, 6.45) is 1.58. The summed E-state index contributed by atoms with van der Waals surface area (Å²) < 4.78 is 0. The van der Waals surface area contributed by atoms with E-state index < -0.39 is 17.9 Å². The number of likely N-dealkylation sites (tertiary alicyclic amines) is 1. The number of carbonyl (C=O) groups is 3. The van der Waals surface area contributed by atoms with Crippen molar-refractivity contribution >= 4 is 28.5 Å². The van der Waals surface area contributed by atoms with Crippen molar-refractivity contribution in [2.24, 2.45) is 0 Å². The van der Waals surface area contributed by atoms with Gasteiger partial charge in [-0.05, 0) is 12.1 Å². The fourth-order valence-electron chi connectivity index (χ4n) is 2.71. The van der Waals surface area contributed by atoms with Crippen molar-refractivity contribution in [2.75, 3.05) is 13.1 Å². The van der Waals surface area contributed by atoms with E-state index in [1.54, 1.807) is 24.3 Å². The lowest BCUT2D eigenvalue weighted by molar-refractivity contribution is -0.131. The van der Waals surface area contributed by atoms with Crippen LogP contribution in [0.1, 0.15) is 16.8 Å². The van der Waals surface area contributed by atoms with Gasteiger partial charge in [0.2, 0.25) is 5.91 Å². The number of nitriles is 1. The molecular weight excluding hydrogens is 308 g/mol. The van der Waals surface area contributed by atoms with Crippen molar-refractivity contribution in [3.05, 3.63) is 42.1 Å². The van der Waals surface area contributed by atoms with Gasteiger partial charge in [-0.1, -0.05) is 18.2 Å². The maximum Gasteiger partial charge on any atom is 0.252 e. The molecule has 24 heavy (non-hydrogen) atoms. The number of rotatable bonds is 3. The lowest BCUT2D eigenvalue weighted by Crippen LogP contribution is -2.42. The second kappa shape index (κ2) is 6.46. The lowest BCUT2D eigenvalue weighted by Gasteiger charge is -2.18. The first-order chi connectivity index (χ1) is 11.6. The van der Waals surface area contributed by atoms with Crippen LogP contribution in [0, 0.1) is 11.3 Å². The molecule has 7 heteroatoms. The lowest BCUT2D eigenvalue weighted by atomic mass is 10.1. The van der Waals surface area contributed by atoms with Gasteiger partial charge in [0.05, 0.1) is 30.2 Å². The van der Waals surface area contributed by atoms with Crippen LogP contribution >= 0.6 is 0 Å². The SMILES string of the molecule is N#CC1CC(=O)CN1C(=O)CNC(=O)c1ccnc2ccccc12. The standard InChI is InChI=1S/C17H14N4O3/c18-8-11-7-12(22)10-21(11)16(23)9-20-17(24)14-5-6-19-15-4-2-1-3-13(14)15/h1-6,11H,7,9-10H2,(H,20,24). The highest BCUT2D eigenvalue weighted by molar-refractivity contribution is 6.07. The fourth-order valence-corrected chi connectivity index (χ4v) is 2.71. The molecule has 1 saturated heterocycles. The van der Waals surface area contributed by atoms with Crippen LogP contribution in [-0.4, -0.2) is 46.6 Å². The zero-order valence-corrected chi connectivity index (χ0v) is 12.7. The summed E-state index contributed by atoms with van der Waals surface area (Å²) in [4.78, 5) is 41.3. The minimum atomic E-state index is -0.747. The first-order valence-corrected chi connectivity index (χ1v) is 7.43. The minimum Gasteiger partial charge on any atom is -0.343 e. The third kappa shape index (κ3) is 2.94. The van der Waals surface area contributed by atoms with Crippen LogP contribution in [-0.2, 0) is 9.59 Å². The molecule has 120 valence electrons. The molecule has 1 aromatic heterocycles. The first-order valence-electron chi connectivity index (χ1n) is 7.43. The van der Waals surface area contributed by atoms with E-state index in [2.05, 4.69) is 10.3 Å².